The monoisotopic (exact) mass is 369 g/mol. The predicted molar refractivity (Wildman–Crippen MR) is 83.7 cm³/mol. The molecule has 7 heteroatoms. The van der Waals surface area contributed by atoms with Crippen molar-refractivity contribution >= 4 is 28.0 Å². The largest absolute Gasteiger partial charge is 0.493 e. The molecule has 0 aliphatic rings. The zero-order chi connectivity index (χ0) is 16.5. The van der Waals surface area contributed by atoms with Crippen LogP contribution in [0.3, 0.4) is 0 Å². The van der Waals surface area contributed by atoms with Crippen molar-refractivity contribution in [3.63, 3.8) is 0 Å². The van der Waals surface area contributed by atoms with Gasteiger partial charge in [-0.3, -0.25) is 0 Å². The molecule has 0 radical (unpaired) electrons. The van der Waals surface area contributed by atoms with Gasteiger partial charge in [0.25, 0.3) is 0 Å². The Morgan fingerprint density at radius 2 is 1.86 bits per heavy atom. The second kappa shape index (κ2) is 9.07. The average molecular weight is 370 g/mol. The molecule has 0 atom stereocenters. The maximum Gasteiger partial charge on any atom is 0.348 e. The zero-order valence-corrected chi connectivity index (χ0v) is 14.1. The van der Waals surface area contributed by atoms with E-state index in [2.05, 4.69) is 15.9 Å². The van der Waals surface area contributed by atoms with E-state index in [9.17, 15) is 4.79 Å². The summed E-state index contributed by atoms with van der Waals surface area (Å²) in [7, 11) is 4.52. The molecule has 0 aliphatic carbocycles. The number of rotatable bonds is 7. The summed E-state index contributed by atoms with van der Waals surface area (Å²) in [6.07, 6.45) is 1.42. The zero-order valence-electron chi connectivity index (χ0n) is 12.5. The van der Waals surface area contributed by atoms with E-state index in [-0.39, 0.29) is 18.8 Å². The third-order valence-corrected chi connectivity index (χ3v) is 3.35. The molecular weight excluding hydrogens is 354 g/mol. The molecule has 0 saturated heterocycles. The molecule has 22 heavy (non-hydrogen) atoms. The number of ether oxygens (including phenoxy) is 4. The van der Waals surface area contributed by atoms with Crippen LogP contribution in [0.2, 0.25) is 0 Å². The molecule has 0 aromatic heterocycles. The van der Waals surface area contributed by atoms with Gasteiger partial charge in [-0.15, -0.1) is 0 Å². The summed E-state index contributed by atoms with van der Waals surface area (Å²) in [5.74, 6) is 0.316. The minimum atomic E-state index is -0.707. The van der Waals surface area contributed by atoms with Gasteiger partial charge in [0.1, 0.15) is 18.2 Å². The van der Waals surface area contributed by atoms with Crippen molar-refractivity contribution in [1.82, 2.24) is 0 Å². The van der Waals surface area contributed by atoms with Crippen LogP contribution in [0.4, 0.5) is 0 Å². The third-order valence-electron chi connectivity index (χ3n) is 2.66. The number of hydrogen-bond acceptors (Lipinski definition) is 6. The van der Waals surface area contributed by atoms with Crippen molar-refractivity contribution in [3.05, 3.63) is 27.7 Å². The molecule has 1 rings (SSSR count). The third kappa shape index (κ3) is 4.76. The maximum absolute atomic E-state index is 11.8. The molecule has 6 nitrogen and oxygen atoms in total. The van der Waals surface area contributed by atoms with Crippen LogP contribution in [0.25, 0.3) is 6.08 Å². The number of nitrogens with zero attached hydrogens (tertiary/aromatic N) is 1. The van der Waals surface area contributed by atoms with E-state index in [1.807, 2.05) is 6.07 Å². The number of esters is 1. The fourth-order valence-electron chi connectivity index (χ4n) is 1.57. The number of carbonyl (C=O) groups excluding carboxylic acids is 1. The van der Waals surface area contributed by atoms with Gasteiger partial charge in [-0.2, -0.15) is 5.26 Å². The fraction of sp³-hybridized carbons (Fsp3) is 0.333. The lowest BCUT2D eigenvalue weighted by Gasteiger charge is -2.10. The van der Waals surface area contributed by atoms with Gasteiger partial charge in [0.15, 0.2) is 11.5 Å². The predicted octanol–water partition coefficient (Wildman–Crippen LogP) is 2.56. The topological polar surface area (TPSA) is 77.8 Å². The summed E-state index contributed by atoms with van der Waals surface area (Å²) in [6.45, 7) is 0.353. The standard InChI is InChI=1S/C15H16BrNO5/c1-19-4-5-22-15(18)11(9-17)6-10-7-13(20-2)14(21-3)8-12(10)16/h6-8H,4-5H2,1-3H3/b11-6+. The van der Waals surface area contributed by atoms with Gasteiger partial charge in [-0.25, -0.2) is 4.79 Å². The first-order valence-corrected chi connectivity index (χ1v) is 7.06. The normalized spacial score (nSPS) is 10.8. The summed E-state index contributed by atoms with van der Waals surface area (Å²) in [4.78, 5) is 11.8. The minimum Gasteiger partial charge on any atom is -0.493 e. The Morgan fingerprint density at radius 3 is 2.41 bits per heavy atom. The van der Waals surface area contributed by atoms with Crippen molar-refractivity contribution in [2.75, 3.05) is 34.5 Å². The Balaban J connectivity index is 3.07. The Labute approximate surface area is 137 Å². The van der Waals surface area contributed by atoms with Crippen LogP contribution in [-0.4, -0.2) is 40.5 Å². The van der Waals surface area contributed by atoms with E-state index in [1.165, 1.54) is 27.4 Å². The highest BCUT2D eigenvalue weighted by molar-refractivity contribution is 9.10. The minimum absolute atomic E-state index is 0.0848. The lowest BCUT2D eigenvalue weighted by atomic mass is 10.1. The van der Waals surface area contributed by atoms with Gasteiger partial charge >= 0.3 is 5.97 Å². The Kier molecular flexibility index (Phi) is 7.43. The first kappa shape index (κ1) is 18.0. The molecule has 118 valence electrons. The van der Waals surface area contributed by atoms with Crippen molar-refractivity contribution in [1.29, 1.82) is 5.26 Å². The molecule has 0 unspecified atom stereocenters. The van der Waals surface area contributed by atoms with E-state index in [0.717, 1.165) is 0 Å². The molecule has 0 N–H and O–H groups in total. The van der Waals surface area contributed by atoms with Crippen molar-refractivity contribution in [2.45, 2.75) is 0 Å². The van der Waals surface area contributed by atoms with E-state index < -0.39 is 5.97 Å². The highest BCUT2D eigenvalue weighted by Crippen LogP contribution is 2.34. The van der Waals surface area contributed by atoms with E-state index >= 15 is 0 Å². The van der Waals surface area contributed by atoms with Crippen LogP contribution in [-0.2, 0) is 14.3 Å². The fourth-order valence-corrected chi connectivity index (χ4v) is 2.01. The summed E-state index contributed by atoms with van der Waals surface area (Å²) in [5, 5.41) is 9.11. The number of nitriles is 1. The molecule has 0 saturated carbocycles. The van der Waals surface area contributed by atoms with Crippen LogP contribution >= 0.6 is 15.9 Å². The van der Waals surface area contributed by atoms with Crippen molar-refractivity contribution in [2.24, 2.45) is 0 Å². The smallest absolute Gasteiger partial charge is 0.348 e. The van der Waals surface area contributed by atoms with Crippen molar-refractivity contribution in [3.8, 4) is 17.6 Å². The summed E-state index contributed by atoms with van der Waals surface area (Å²) in [5.41, 5.74) is 0.474. The average Bonchev–Trinajstić information content (AvgIpc) is 2.53. The van der Waals surface area contributed by atoms with Crippen molar-refractivity contribution < 1.29 is 23.7 Å². The number of benzene rings is 1. The molecule has 0 bridgehead atoms. The van der Waals surface area contributed by atoms with Crippen LogP contribution < -0.4 is 9.47 Å². The Hall–Kier alpha value is -2.04. The Morgan fingerprint density at radius 1 is 1.23 bits per heavy atom. The quantitative estimate of drug-likeness (QED) is 0.318. The number of carbonyl (C=O) groups is 1. The number of hydrogen-bond donors (Lipinski definition) is 0. The molecule has 1 aromatic carbocycles. The maximum atomic E-state index is 11.8. The van der Waals surface area contributed by atoms with Crippen LogP contribution in [0.15, 0.2) is 22.2 Å². The first-order chi connectivity index (χ1) is 10.6. The molecular formula is C15H16BrNO5. The summed E-state index contributed by atoms with van der Waals surface area (Å²) < 4.78 is 20.7. The number of methoxy groups -OCH3 is 3. The number of halogens is 1. The highest BCUT2D eigenvalue weighted by Gasteiger charge is 2.14. The molecule has 0 heterocycles. The lowest BCUT2D eigenvalue weighted by Crippen LogP contribution is -2.11. The Bertz CT molecular complexity index is 607. The SMILES string of the molecule is COCCOC(=O)/C(C#N)=C/c1cc(OC)c(OC)cc1Br. The molecule has 1 aromatic rings. The van der Waals surface area contributed by atoms with Crippen LogP contribution in [0, 0.1) is 11.3 Å². The van der Waals surface area contributed by atoms with E-state index in [0.29, 0.717) is 21.5 Å². The molecule has 0 spiro atoms. The van der Waals surface area contributed by atoms with Gasteiger partial charge in [0.2, 0.25) is 0 Å². The van der Waals surface area contributed by atoms with Crippen LogP contribution in [0.1, 0.15) is 5.56 Å². The highest BCUT2D eigenvalue weighted by atomic mass is 79.9. The van der Waals surface area contributed by atoms with Crippen LogP contribution in [0.5, 0.6) is 11.5 Å². The van der Waals surface area contributed by atoms with E-state index in [1.54, 1.807) is 12.1 Å². The van der Waals surface area contributed by atoms with Gasteiger partial charge in [0.05, 0.1) is 20.8 Å². The second-order valence-corrected chi connectivity index (χ2v) is 4.88. The first-order valence-electron chi connectivity index (χ1n) is 6.26. The van der Waals surface area contributed by atoms with Gasteiger partial charge < -0.3 is 18.9 Å². The van der Waals surface area contributed by atoms with Gasteiger partial charge in [-0.1, -0.05) is 15.9 Å². The van der Waals surface area contributed by atoms with Gasteiger partial charge in [-0.05, 0) is 23.8 Å². The lowest BCUT2D eigenvalue weighted by molar-refractivity contribution is -0.139. The molecule has 0 fully saturated rings. The van der Waals surface area contributed by atoms with Gasteiger partial charge in [0, 0.05) is 11.6 Å². The summed E-state index contributed by atoms with van der Waals surface area (Å²) >= 11 is 3.36. The molecule has 0 aliphatic heterocycles. The molecule has 0 amide bonds. The van der Waals surface area contributed by atoms with E-state index in [4.69, 9.17) is 24.2 Å². The summed E-state index contributed by atoms with van der Waals surface area (Å²) in [6, 6.07) is 5.17. The second-order valence-electron chi connectivity index (χ2n) is 4.03.